The number of carboxylic acid groups (broad SMARTS) is 2. The van der Waals surface area contributed by atoms with E-state index in [0.717, 1.165) is 30.7 Å². The molecule has 2 N–H and O–H groups in total. The van der Waals surface area contributed by atoms with Gasteiger partial charge in [-0.2, -0.15) is 0 Å². The first-order valence-electron chi connectivity index (χ1n) is 9.88. The maximum absolute atomic E-state index is 11.7. The van der Waals surface area contributed by atoms with E-state index in [1.807, 2.05) is 13.8 Å². The lowest BCUT2D eigenvalue weighted by atomic mass is 9.87. The van der Waals surface area contributed by atoms with E-state index in [-0.39, 0.29) is 17.0 Å². The Balaban J connectivity index is 2.73. The van der Waals surface area contributed by atoms with Gasteiger partial charge in [0.05, 0.1) is 11.1 Å². The second-order valence-electron chi connectivity index (χ2n) is 7.87. The molecule has 0 saturated carbocycles. The van der Waals surface area contributed by atoms with Crippen molar-refractivity contribution in [2.24, 2.45) is 5.92 Å². The SMILES string of the molecule is CC(C)CCCCCCCCc1c(C(C)C)ccc(C(=O)O)c1C(=O)O. The lowest BCUT2D eigenvalue weighted by Crippen LogP contribution is -2.14. The number of hydrogen-bond acceptors (Lipinski definition) is 2. The molecule has 0 aromatic heterocycles. The van der Waals surface area contributed by atoms with Crippen molar-refractivity contribution in [1.29, 1.82) is 0 Å². The largest absolute Gasteiger partial charge is 0.478 e. The Hall–Kier alpha value is -1.84. The van der Waals surface area contributed by atoms with E-state index in [4.69, 9.17) is 0 Å². The van der Waals surface area contributed by atoms with Crippen LogP contribution < -0.4 is 0 Å². The summed E-state index contributed by atoms with van der Waals surface area (Å²) < 4.78 is 0. The average molecular weight is 363 g/mol. The second kappa shape index (κ2) is 11.0. The summed E-state index contributed by atoms with van der Waals surface area (Å²) in [6, 6.07) is 3.21. The van der Waals surface area contributed by atoms with Crippen molar-refractivity contribution >= 4 is 11.9 Å². The first-order valence-corrected chi connectivity index (χ1v) is 9.88. The predicted octanol–water partition coefficient (Wildman–Crippen LogP) is 6.14. The van der Waals surface area contributed by atoms with E-state index in [1.54, 1.807) is 6.07 Å². The summed E-state index contributed by atoms with van der Waals surface area (Å²) in [5, 5.41) is 18.9. The zero-order valence-electron chi connectivity index (χ0n) is 16.7. The third-order valence-electron chi connectivity index (χ3n) is 4.87. The summed E-state index contributed by atoms with van der Waals surface area (Å²) in [4.78, 5) is 23.1. The van der Waals surface area contributed by atoms with Crippen molar-refractivity contribution in [2.75, 3.05) is 0 Å². The molecule has 0 radical (unpaired) electrons. The average Bonchev–Trinajstić information content (AvgIpc) is 2.55. The van der Waals surface area contributed by atoms with E-state index in [0.29, 0.717) is 12.0 Å². The van der Waals surface area contributed by atoms with Crippen molar-refractivity contribution in [1.82, 2.24) is 0 Å². The summed E-state index contributed by atoms with van der Waals surface area (Å²) in [7, 11) is 0. The molecule has 0 bridgehead atoms. The molecule has 0 fully saturated rings. The fraction of sp³-hybridized carbons (Fsp3) is 0.636. The van der Waals surface area contributed by atoms with E-state index in [9.17, 15) is 19.8 Å². The van der Waals surface area contributed by atoms with Crippen molar-refractivity contribution in [3.63, 3.8) is 0 Å². The maximum Gasteiger partial charge on any atom is 0.336 e. The van der Waals surface area contributed by atoms with Gasteiger partial charge in [0, 0.05) is 0 Å². The van der Waals surface area contributed by atoms with Crippen molar-refractivity contribution < 1.29 is 19.8 Å². The Kier molecular flexibility index (Phi) is 9.39. The van der Waals surface area contributed by atoms with Crippen LogP contribution in [0.1, 0.15) is 110 Å². The zero-order valence-corrected chi connectivity index (χ0v) is 16.7. The Bertz CT molecular complexity index is 602. The third kappa shape index (κ3) is 6.81. The lowest BCUT2D eigenvalue weighted by molar-refractivity contribution is 0.0650. The smallest absolute Gasteiger partial charge is 0.336 e. The van der Waals surface area contributed by atoms with E-state index >= 15 is 0 Å². The highest BCUT2D eigenvalue weighted by molar-refractivity contribution is 6.03. The quantitative estimate of drug-likeness (QED) is 0.438. The summed E-state index contributed by atoms with van der Waals surface area (Å²) >= 11 is 0. The van der Waals surface area contributed by atoms with Gasteiger partial charge in [-0.15, -0.1) is 0 Å². The summed E-state index contributed by atoms with van der Waals surface area (Å²) in [5.41, 5.74) is 1.52. The van der Waals surface area contributed by atoms with Gasteiger partial charge in [0.2, 0.25) is 0 Å². The van der Waals surface area contributed by atoms with Crippen LogP contribution in [-0.4, -0.2) is 22.2 Å². The van der Waals surface area contributed by atoms with Crippen molar-refractivity contribution in [2.45, 2.75) is 85.0 Å². The van der Waals surface area contributed by atoms with Crippen LogP contribution in [0.2, 0.25) is 0 Å². The first kappa shape index (κ1) is 22.2. The normalized spacial score (nSPS) is 11.3. The number of aromatic carboxylic acids is 2. The highest BCUT2D eigenvalue weighted by atomic mass is 16.4. The number of hydrogen-bond donors (Lipinski definition) is 2. The van der Waals surface area contributed by atoms with E-state index < -0.39 is 11.9 Å². The molecule has 1 aromatic rings. The minimum Gasteiger partial charge on any atom is -0.478 e. The predicted molar refractivity (Wildman–Crippen MR) is 105 cm³/mol. The Labute approximate surface area is 157 Å². The van der Waals surface area contributed by atoms with Crippen molar-refractivity contribution in [3.8, 4) is 0 Å². The van der Waals surface area contributed by atoms with Gasteiger partial charge in [-0.1, -0.05) is 72.3 Å². The molecule has 1 rings (SSSR count). The molecule has 0 heterocycles. The van der Waals surface area contributed by atoms with Gasteiger partial charge in [0.15, 0.2) is 0 Å². The molecular weight excluding hydrogens is 328 g/mol. The van der Waals surface area contributed by atoms with Gasteiger partial charge in [-0.05, 0) is 41.9 Å². The third-order valence-corrected chi connectivity index (χ3v) is 4.87. The van der Waals surface area contributed by atoms with Crippen molar-refractivity contribution in [3.05, 3.63) is 34.4 Å². The minimum atomic E-state index is -1.18. The summed E-state index contributed by atoms with van der Waals surface area (Å²) in [6.07, 6.45) is 8.75. The number of rotatable bonds is 12. The Morgan fingerprint density at radius 2 is 1.42 bits per heavy atom. The molecule has 0 saturated heterocycles. The van der Waals surface area contributed by atoms with Crippen LogP contribution >= 0.6 is 0 Å². The fourth-order valence-corrected chi connectivity index (χ4v) is 3.46. The van der Waals surface area contributed by atoms with Crippen LogP contribution in [0.25, 0.3) is 0 Å². The summed E-state index contributed by atoms with van der Waals surface area (Å²) in [6.45, 7) is 8.52. The molecule has 0 spiro atoms. The number of unbranched alkanes of at least 4 members (excludes halogenated alkanes) is 5. The van der Waals surface area contributed by atoms with Gasteiger partial charge in [0.25, 0.3) is 0 Å². The molecule has 4 nitrogen and oxygen atoms in total. The van der Waals surface area contributed by atoms with Gasteiger partial charge < -0.3 is 10.2 Å². The molecule has 4 heteroatoms. The number of carbonyl (C=O) groups is 2. The molecule has 0 unspecified atom stereocenters. The second-order valence-corrected chi connectivity index (χ2v) is 7.87. The van der Waals surface area contributed by atoms with Crippen LogP contribution in [0.3, 0.4) is 0 Å². The molecule has 0 aliphatic carbocycles. The molecule has 26 heavy (non-hydrogen) atoms. The van der Waals surface area contributed by atoms with Gasteiger partial charge >= 0.3 is 11.9 Å². The van der Waals surface area contributed by atoms with Gasteiger partial charge in [-0.25, -0.2) is 9.59 Å². The first-order chi connectivity index (χ1) is 12.3. The lowest BCUT2D eigenvalue weighted by Gasteiger charge is -2.17. The number of benzene rings is 1. The van der Waals surface area contributed by atoms with Crippen LogP contribution in [0.15, 0.2) is 12.1 Å². The van der Waals surface area contributed by atoms with E-state index in [1.165, 1.54) is 31.7 Å². The summed E-state index contributed by atoms with van der Waals surface area (Å²) in [5.74, 6) is -1.39. The van der Waals surface area contributed by atoms with Crippen LogP contribution in [0.5, 0.6) is 0 Å². The maximum atomic E-state index is 11.7. The Morgan fingerprint density at radius 1 is 0.846 bits per heavy atom. The monoisotopic (exact) mass is 362 g/mol. The fourth-order valence-electron chi connectivity index (χ4n) is 3.46. The minimum absolute atomic E-state index is 0.0272. The zero-order chi connectivity index (χ0) is 19.7. The van der Waals surface area contributed by atoms with E-state index in [2.05, 4.69) is 13.8 Å². The highest BCUT2D eigenvalue weighted by Gasteiger charge is 2.23. The standard InChI is InChI=1S/C22H34O4/c1-15(2)11-9-7-5-6-8-10-12-18-17(16(3)4)13-14-19(21(23)24)20(18)22(25)26/h13-16H,5-12H2,1-4H3,(H,23,24)(H,25,26). The number of carboxylic acids is 2. The van der Waals surface area contributed by atoms with Crippen LogP contribution in [0, 0.1) is 5.92 Å². The molecule has 0 aliphatic rings. The van der Waals surface area contributed by atoms with Gasteiger partial charge in [-0.3, -0.25) is 0 Å². The molecule has 146 valence electrons. The highest BCUT2D eigenvalue weighted by Crippen LogP contribution is 2.28. The van der Waals surface area contributed by atoms with Crippen LogP contribution in [0.4, 0.5) is 0 Å². The van der Waals surface area contributed by atoms with Gasteiger partial charge in [0.1, 0.15) is 0 Å². The van der Waals surface area contributed by atoms with Crippen LogP contribution in [-0.2, 0) is 6.42 Å². The molecule has 0 amide bonds. The molecular formula is C22H34O4. The topological polar surface area (TPSA) is 74.6 Å². The Morgan fingerprint density at radius 3 is 1.92 bits per heavy atom. The molecule has 0 aliphatic heterocycles. The molecule has 0 atom stereocenters. The molecule has 1 aromatic carbocycles.